The number of nitrogens with zero attached hydrogens (tertiary/aromatic N) is 4. The Hall–Kier alpha value is -2.44. The average Bonchev–Trinajstić information content (AvgIpc) is 2.95. The second-order valence-electron chi connectivity index (χ2n) is 6.78. The van der Waals surface area contributed by atoms with Crippen molar-refractivity contribution in [3.05, 3.63) is 24.2 Å². The maximum absolute atomic E-state index is 12.1. The van der Waals surface area contributed by atoms with Crippen molar-refractivity contribution < 1.29 is 9.53 Å². The molecule has 3 heterocycles. The number of carbonyl (C=O) groups excluding carboxylic acids is 1. The van der Waals surface area contributed by atoms with E-state index in [2.05, 4.69) is 15.0 Å². The Balaban J connectivity index is 1.75. The zero-order valence-electron chi connectivity index (χ0n) is 13.6. The van der Waals surface area contributed by atoms with Crippen LogP contribution in [0.2, 0.25) is 0 Å². The fourth-order valence-corrected chi connectivity index (χ4v) is 2.70. The summed E-state index contributed by atoms with van der Waals surface area (Å²) in [5.41, 5.74) is 6.85. The molecule has 0 aliphatic carbocycles. The molecular formula is C16H21N5O2. The molecule has 1 aliphatic rings. The van der Waals surface area contributed by atoms with E-state index in [1.54, 1.807) is 4.90 Å². The Morgan fingerprint density at radius 2 is 2.13 bits per heavy atom. The van der Waals surface area contributed by atoms with Crippen molar-refractivity contribution in [2.45, 2.75) is 38.7 Å². The van der Waals surface area contributed by atoms with Gasteiger partial charge in [0.15, 0.2) is 5.65 Å². The molecule has 23 heavy (non-hydrogen) atoms. The molecule has 1 unspecified atom stereocenters. The molecule has 0 bridgehead atoms. The van der Waals surface area contributed by atoms with Crippen molar-refractivity contribution in [1.82, 2.24) is 19.9 Å². The third kappa shape index (κ3) is 3.33. The number of carbonyl (C=O) groups is 1. The molecule has 1 aliphatic heterocycles. The number of hydrogen-bond acceptors (Lipinski definition) is 6. The number of nitrogens with two attached hydrogens (primary N) is 1. The Morgan fingerprint density at radius 3 is 2.87 bits per heavy atom. The number of fused-ring (bicyclic) bond motifs is 1. The molecule has 3 rings (SSSR count). The second kappa shape index (κ2) is 5.64. The van der Waals surface area contributed by atoms with Gasteiger partial charge in [-0.05, 0) is 39.3 Å². The van der Waals surface area contributed by atoms with Crippen LogP contribution in [0.1, 0.15) is 38.8 Å². The lowest BCUT2D eigenvalue weighted by Gasteiger charge is -2.24. The summed E-state index contributed by atoms with van der Waals surface area (Å²) in [5, 5.41) is 0.748. The minimum Gasteiger partial charge on any atom is -0.444 e. The SMILES string of the molecule is CC(C)(C)OC(=O)N1CCC(c2ccc3c(N)ncnc3n2)C1. The third-order valence-electron chi connectivity index (χ3n) is 3.81. The Kier molecular flexibility index (Phi) is 3.79. The van der Waals surface area contributed by atoms with Gasteiger partial charge in [-0.25, -0.2) is 19.7 Å². The summed E-state index contributed by atoms with van der Waals surface area (Å²) in [5.74, 6) is 0.610. The molecule has 2 aromatic rings. The lowest BCUT2D eigenvalue weighted by atomic mass is 10.0. The van der Waals surface area contributed by atoms with Gasteiger partial charge >= 0.3 is 6.09 Å². The first-order valence-corrected chi connectivity index (χ1v) is 7.68. The number of rotatable bonds is 1. The molecule has 122 valence electrons. The zero-order chi connectivity index (χ0) is 16.6. The van der Waals surface area contributed by atoms with E-state index < -0.39 is 5.60 Å². The fourth-order valence-electron chi connectivity index (χ4n) is 2.70. The van der Waals surface area contributed by atoms with Crippen LogP contribution in [0, 0.1) is 0 Å². The molecule has 2 N–H and O–H groups in total. The van der Waals surface area contributed by atoms with E-state index >= 15 is 0 Å². The van der Waals surface area contributed by atoms with Crippen LogP contribution in [-0.2, 0) is 4.74 Å². The summed E-state index contributed by atoms with van der Waals surface area (Å²) >= 11 is 0. The summed E-state index contributed by atoms with van der Waals surface area (Å²) in [6.07, 6.45) is 2.00. The first kappa shape index (κ1) is 15.5. The average molecular weight is 315 g/mol. The van der Waals surface area contributed by atoms with Gasteiger partial charge in [-0.2, -0.15) is 0 Å². The maximum atomic E-state index is 12.1. The lowest BCUT2D eigenvalue weighted by molar-refractivity contribution is 0.0292. The van der Waals surface area contributed by atoms with Crippen molar-refractivity contribution in [2.24, 2.45) is 0 Å². The summed E-state index contributed by atoms with van der Waals surface area (Å²) in [7, 11) is 0. The standard InChI is InChI=1S/C16H21N5O2/c1-16(2,3)23-15(22)21-7-6-10(8-21)12-5-4-11-13(17)18-9-19-14(11)20-12/h4-5,9-10H,6-8H2,1-3H3,(H2,17,18,19,20). The molecule has 1 saturated heterocycles. The largest absolute Gasteiger partial charge is 0.444 e. The van der Waals surface area contributed by atoms with E-state index in [9.17, 15) is 4.79 Å². The molecule has 7 heteroatoms. The van der Waals surface area contributed by atoms with Gasteiger partial charge in [-0.1, -0.05) is 0 Å². The van der Waals surface area contributed by atoms with E-state index in [-0.39, 0.29) is 12.0 Å². The van der Waals surface area contributed by atoms with Gasteiger partial charge in [0.2, 0.25) is 0 Å². The quantitative estimate of drug-likeness (QED) is 0.868. The van der Waals surface area contributed by atoms with Crippen molar-refractivity contribution in [3.8, 4) is 0 Å². The Bertz CT molecular complexity index is 741. The van der Waals surface area contributed by atoms with Crippen LogP contribution >= 0.6 is 0 Å². The molecule has 2 aromatic heterocycles. The van der Waals surface area contributed by atoms with Crippen molar-refractivity contribution in [3.63, 3.8) is 0 Å². The number of hydrogen-bond donors (Lipinski definition) is 1. The lowest BCUT2D eigenvalue weighted by Crippen LogP contribution is -2.35. The number of ether oxygens (including phenoxy) is 1. The van der Waals surface area contributed by atoms with Crippen molar-refractivity contribution in [1.29, 1.82) is 0 Å². The third-order valence-corrected chi connectivity index (χ3v) is 3.81. The smallest absolute Gasteiger partial charge is 0.410 e. The number of likely N-dealkylation sites (tertiary alicyclic amines) is 1. The van der Waals surface area contributed by atoms with Crippen LogP contribution in [0.3, 0.4) is 0 Å². The van der Waals surface area contributed by atoms with Gasteiger partial charge in [0.1, 0.15) is 17.7 Å². The van der Waals surface area contributed by atoms with E-state index in [4.69, 9.17) is 10.5 Å². The van der Waals surface area contributed by atoms with Gasteiger partial charge < -0.3 is 15.4 Å². The fraction of sp³-hybridized carbons (Fsp3) is 0.500. The highest BCUT2D eigenvalue weighted by atomic mass is 16.6. The van der Waals surface area contributed by atoms with E-state index in [0.29, 0.717) is 24.6 Å². The number of amides is 1. The van der Waals surface area contributed by atoms with Crippen LogP contribution in [0.5, 0.6) is 0 Å². The summed E-state index contributed by atoms with van der Waals surface area (Å²) < 4.78 is 5.42. The molecule has 0 spiro atoms. The minimum atomic E-state index is -0.481. The minimum absolute atomic E-state index is 0.183. The molecule has 0 radical (unpaired) electrons. The molecule has 0 aromatic carbocycles. The van der Waals surface area contributed by atoms with Crippen LogP contribution in [-0.4, -0.2) is 44.6 Å². The Labute approximate surface area is 134 Å². The van der Waals surface area contributed by atoms with Crippen LogP contribution in [0.25, 0.3) is 11.0 Å². The summed E-state index contributed by atoms with van der Waals surface area (Å²) in [6.45, 7) is 6.88. The van der Waals surface area contributed by atoms with E-state index in [1.165, 1.54) is 6.33 Å². The molecule has 1 fully saturated rings. The molecule has 1 amide bonds. The van der Waals surface area contributed by atoms with Gasteiger partial charge in [0, 0.05) is 24.7 Å². The van der Waals surface area contributed by atoms with E-state index in [0.717, 1.165) is 17.5 Å². The number of nitrogen functional groups attached to an aromatic ring is 1. The van der Waals surface area contributed by atoms with Gasteiger partial charge in [0.05, 0.1) is 5.39 Å². The summed E-state index contributed by atoms with van der Waals surface area (Å²) in [4.78, 5) is 26.6. The molecular weight excluding hydrogens is 294 g/mol. The number of anilines is 1. The second-order valence-corrected chi connectivity index (χ2v) is 6.78. The highest BCUT2D eigenvalue weighted by molar-refractivity contribution is 5.84. The zero-order valence-corrected chi connectivity index (χ0v) is 13.6. The van der Waals surface area contributed by atoms with Gasteiger partial charge in [0.25, 0.3) is 0 Å². The van der Waals surface area contributed by atoms with E-state index in [1.807, 2.05) is 32.9 Å². The Morgan fingerprint density at radius 1 is 1.35 bits per heavy atom. The number of pyridine rings is 1. The first-order valence-electron chi connectivity index (χ1n) is 7.68. The normalized spacial score (nSPS) is 18.4. The molecule has 7 nitrogen and oxygen atoms in total. The predicted molar refractivity (Wildman–Crippen MR) is 86.9 cm³/mol. The topological polar surface area (TPSA) is 94.2 Å². The molecule has 1 atom stereocenters. The number of aromatic nitrogens is 3. The van der Waals surface area contributed by atoms with Crippen molar-refractivity contribution in [2.75, 3.05) is 18.8 Å². The maximum Gasteiger partial charge on any atom is 0.410 e. The van der Waals surface area contributed by atoms with Crippen molar-refractivity contribution >= 4 is 22.9 Å². The van der Waals surface area contributed by atoms with Crippen LogP contribution in [0.15, 0.2) is 18.5 Å². The van der Waals surface area contributed by atoms with Crippen LogP contribution < -0.4 is 5.73 Å². The first-order chi connectivity index (χ1) is 10.8. The summed E-state index contributed by atoms with van der Waals surface area (Å²) in [6, 6.07) is 3.83. The molecule has 0 saturated carbocycles. The monoisotopic (exact) mass is 315 g/mol. The highest BCUT2D eigenvalue weighted by Crippen LogP contribution is 2.28. The van der Waals surface area contributed by atoms with Gasteiger partial charge in [-0.3, -0.25) is 0 Å². The predicted octanol–water partition coefficient (Wildman–Crippen LogP) is 2.33. The highest BCUT2D eigenvalue weighted by Gasteiger charge is 2.31. The van der Waals surface area contributed by atoms with Gasteiger partial charge in [-0.15, -0.1) is 0 Å². The van der Waals surface area contributed by atoms with Crippen LogP contribution in [0.4, 0.5) is 10.6 Å².